The average molecular weight is 238 g/mol. The zero-order valence-corrected chi connectivity index (χ0v) is 10.2. The second-order valence-corrected chi connectivity index (χ2v) is 3.84. The van der Waals surface area contributed by atoms with Gasteiger partial charge in [0.2, 0.25) is 11.8 Å². The third-order valence-corrected chi connectivity index (χ3v) is 2.26. The molecule has 94 valence electrons. The summed E-state index contributed by atoms with van der Waals surface area (Å²) < 4.78 is 5.08. The molecule has 0 aliphatic heterocycles. The molecule has 1 aromatic heterocycles. The highest BCUT2D eigenvalue weighted by atomic mass is 16.3. The van der Waals surface area contributed by atoms with E-state index in [1.54, 1.807) is 25.3 Å². The second kappa shape index (κ2) is 6.73. The summed E-state index contributed by atoms with van der Waals surface area (Å²) in [4.78, 5) is 22.9. The maximum Gasteiger partial charge on any atom is 0.242 e. The van der Waals surface area contributed by atoms with Gasteiger partial charge in [0.25, 0.3) is 0 Å². The van der Waals surface area contributed by atoms with Gasteiger partial charge in [0, 0.05) is 6.42 Å². The summed E-state index contributed by atoms with van der Waals surface area (Å²) in [6.07, 6.45) is 2.76. The quantitative estimate of drug-likeness (QED) is 0.782. The molecule has 0 aliphatic rings. The van der Waals surface area contributed by atoms with Crippen molar-refractivity contribution in [3.05, 3.63) is 24.2 Å². The minimum absolute atomic E-state index is 0.104. The van der Waals surface area contributed by atoms with E-state index in [-0.39, 0.29) is 11.8 Å². The minimum Gasteiger partial charge on any atom is -0.467 e. The Balaban J connectivity index is 2.29. The molecule has 0 aliphatic carbocycles. The molecule has 0 radical (unpaired) electrons. The third-order valence-electron chi connectivity index (χ3n) is 2.26. The van der Waals surface area contributed by atoms with Crippen LogP contribution in [-0.2, 0) is 16.1 Å². The molecule has 2 N–H and O–H groups in total. The SMILES string of the molecule is CCCC(=O)N[C@@H](C)C(=O)NCc1ccco1. The first-order valence-electron chi connectivity index (χ1n) is 5.73. The Hall–Kier alpha value is -1.78. The molecule has 1 rings (SSSR count). The van der Waals surface area contributed by atoms with Crippen LogP contribution in [0.2, 0.25) is 0 Å². The van der Waals surface area contributed by atoms with Gasteiger partial charge >= 0.3 is 0 Å². The molecule has 0 fully saturated rings. The molecule has 0 spiro atoms. The number of carbonyl (C=O) groups is 2. The average Bonchev–Trinajstić information content (AvgIpc) is 2.78. The zero-order chi connectivity index (χ0) is 12.7. The fraction of sp³-hybridized carbons (Fsp3) is 0.500. The van der Waals surface area contributed by atoms with Crippen LogP contribution in [0.25, 0.3) is 0 Å². The number of nitrogens with one attached hydrogen (secondary N) is 2. The molecule has 0 aromatic carbocycles. The third kappa shape index (κ3) is 4.72. The zero-order valence-electron chi connectivity index (χ0n) is 10.2. The Labute approximate surface area is 101 Å². The van der Waals surface area contributed by atoms with Crippen molar-refractivity contribution >= 4 is 11.8 Å². The first kappa shape index (κ1) is 13.3. The van der Waals surface area contributed by atoms with Crippen molar-refractivity contribution in [2.75, 3.05) is 0 Å². The van der Waals surface area contributed by atoms with Gasteiger partial charge in [-0.3, -0.25) is 9.59 Å². The van der Waals surface area contributed by atoms with Gasteiger partial charge in [-0.1, -0.05) is 6.92 Å². The van der Waals surface area contributed by atoms with Crippen LogP contribution in [-0.4, -0.2) is 17.9 Å². The van der Waals surface area contributed by atoms with Crippen LogP contribution in [0.1, 0.15) is 32.4 Å². The number of carbonyl (C=O) groups excluding carboxylic acids is 2. The smallest absolute Gasteiger partial charge is 0.242 e. The van der Waals surface area contributed by atoms with E-state index in [2.05, 4.69) is 10.6 Å². The lowest BCUT2D eigenvalue weighted by atomic mass is 10.2. The largest absolute Gasteiger partial charge is 0.467 e. The van der Waals surface area contributed by atoms with E-state index in [1.165, 1.54) is 0 Å². The van der Waals surface area contributed by atoms with Crippen molar-refractivity contribution in [2.24, 2.45) is 0 Å². The van der Waals surface area contributed by atoms with E-state index in [0.29, 0.717) is 18.7 Å². The summed E-state index contributed by atoms with van der Waals surface area (Å²) in [6.45, 7) is 3.91. The Morgan fingerprint density at radius 3 is 2.82 bits per heavy atom. The van der Waals surface area contributed by atoms with Crippen LogP contribution in [0.5, 0.6) is 0 Å². The highest BCUT2D eigenvalue weighted by Gasteiger charge is 2.14. The first-order chi connectivity index (χ1) is 8.13. The number of hydrogen-bond acceptors (Lipinski definition) is 3. The Morgan fingerprint density at radius 2 is 2.24 bits per heavy atom. The Kier molecular flexibility index (Phi) is 5.26. The number of rotatable bonds is 6. The van der Waals surface area contributed by atoms with Crippen molar-refractivity contribution < 1.29 is 14.0 Å². The van der Waals surface area contributed by atoms with E-state index in [4.69, 9.17) is 4.42 Å². The molecule has 1 heterocycles. The van der Waals surface area contributed by atoms with Gasteiger partial charge in [-0.2, -0.15) is 0 Å². The summed E-state index contributed by atoms with van der Waals surface area (Å²) in [5.41, 5.74) is 0. The summed E-state index contributed by atoms with van der Waals surface area (Å²) in [5.74, 6) is 0.365. The van der Waals surface area contributed by atoms with E-state index < -0.39 is 6.04 Å². The maximum atomic E-state index is 11.6. The Morgan fingerprint density at radius 1 is 1.47 bits per heavy atom. The highest BCUT2D eigenvalue weighted by Crippen LogP contribution is 1.98. The topological polar surface area (TPSA) is 71.3 Å². The van der Waals surface area contributed by atoms with Crippen molar-refractivity contribution in [1.82, 2.24) is 10.6 Å². The normalized spacial score (nSPS) is 11.9. The van der Waals surface area contributed by atoms with E-state index in [0.717, 1.165) is 6.42 Å². The second-order valence-electron chi connectivity index (χ2n) is 3.84. The lowest BCUT2D eigenvalue weighted by Gasteiger charge is -2.13. The van der Waals surface area contributed by atoms with Crippen molar-refractivity contribution in [1.29, 1.82) is 0 Å². The van der Waals surface area contributed by atoms with Crippen molar-refractivity contribution in [2.45, 2.75) is 39.3 Å². The number of hydrogen-bond donors (Lipinski definition) is 2. The van der Waals surface area contributed by atoms with E-state index in [9.17, 15) is 9.59 Å². The van der Waals surface area contributed by atoms with Gasteiger partial charge in [0.1, 0.15) is 11.8 Å². The van der Waals surface area contributed by atoms with Crippen LogP contribution in [0.4, 0.5) is 0 Å². The lowest BCUT2D eigenvalue weighted by Crippen LogP contribution is -2.44. The van der Waals surface area contributed by atoms with Crippen molar-refractivity contribution in [3.8, 4) is 0 Å². The maximum absolute atomic E-state index is 11.6. The van der Waals surface area contributed by atoms with Crippen LogP contribution in [0.15, 0.2) is 22.8 Å². The first-order valence-corrected chi connectivity index (χ1v) is 5.73. The molecular weight excluding hydrogens is 220 g/mol. The Bertz CT molecular complexity index is 360. The molecule has 17 heavy (non-hydrogen) atoms. The molecule has 0 bridgehead atoms. The summed E-state index contributed by atoms with van der Waals surface area (Å²) >= 11 is 0. The molecule has 0 unspecified atom stereocenters. The summed E-state index contributed by atoms with van der Waals surface area (Å²) in [6, 6.07) is 3.01. The summed E-state index contributed by atoms with van der Waals surface area (Å²) in [7, 11) is 0. The summed E-state index contributed by atoms with van der Waals surface area (Å²) in [5, 5.41) is 5.31. The van der Waals surface area contributed by atoms with Gasteiger partial charge in [-0.05, 0) is 25.5 Å². The van der Waals surface area contributed by atoms with Gasteiger partial charge in [-0.15, -0.1) is 0 Å². The number of amides is 2. The van der Waals surface area contributed by atoms with E-state index in [1.807, 2.05) is 6.92 Å². The predicted molar refractivity (Wildman–Crippen MR) is 63.1 cm³/mol. The molecule has 0 saturated carbocycles. The van der Waals surface area contributed by atoms with Gasteiger partial charge in [0.15, 0.2) is 0 Å². The molecular formula is C12H18N2O3. The van der Waals surface area contributed by atoms with E-state index >= 15 is 0 Å². The fourth-order valence-electron chi connectivity index (χ4n) is 1.35. The van der Waals surface area contributed by atoms with Gasteiger partial charge in [0.05, 0.1) is 12.8 Å². The molecule has 5 heteroatoms. The monoisotopic (exact) mass is 238 g/mol. The molecule has 1 atom stereocenters. The number of furan rings is 1. The fourth-order valence-corrected chi connectivity index (χ4v) is 1.35. The van der Waals surface area contributed by atoms with Gasteiger partial charge in [-0.25, -0.2) is 0 Å². The standard InChI is InChI=1S/C12H18N2O3/c1-3-5-11(15)14-9(2)12(16)13-8-10-6-4-7-17-10/h4,6-7,9H,3,5,8H2,1-2H3,(H,13,16)(H,14,15)/t9-/m0/s1. The lowest BCUT2D eigenvalue weighted by molar-refractivity contribution is -0.128. The molecule has 2 amide bonds. The predicted octanol–water partition coefficient (Wildman–Crippen LogP) is 1.20. The minimum atomic E-state index is -0.524. The van der Waals surface area contributed by atoms with Gasteiger partial charge < -0.3 is 15.1 Å². The molecule has 0 saturated heterocycles. The highest BCUT2D eigenvalue weighted by molar-refractivity contribution is 5.87. The molecule has 5 nitrogen and oxygen atoms in total. The van der Waals surface area contributed by atoms with Crippen LogP contribution < -0.4 is 10.6 Å². The van der Waals surface area contributed by atoms with Crippen molar-refractivity contribution in [3.63, 3.8) is 0 Å². The van der Waals surface area contributed by atoms with Crippen LogP contribution >= 0.6 is 0 Å². The van der Waals surface area contributed by atoms with Crippen LogP contribution in [0.3, 0.4) is 0 Å². The van der Waals surface area contributed by atoms with Crippen LogP contribution in [0, 0.1) is 0 Å². The molecule has 1 aromatic rings.